The molecular weight excluding hydrogens is 104 g/mol. The van der Waals surface area contributed by atoms with E-state index >= 15 is 0 Å². The second kappa shape index (κ2) is 1.92. The maximum absolute atomic E-state index is 8.73. The van der Waals surface area contributed by atoms with Crippen molar-refractivity contribution in [3.8, 4) is 0 Å². The van der Waals surface area contributed by atoms with Crippen molar-refractivity contribution in [3.63, 3.8) is 0 Å². The summed E-state index contributed by atoms with van der Waals surface area (Å²) in [6, 6.07) is 0. The highest BCUT2D eigenvalue weighted by atomic mass is 16.3. The summed E-state index contributed by atoms with van der Waals surface area (Å²) in [4.78, 5) is 8.66. The lowest BCUT2D eigenvalue weighted by atomic mass is 10.2. The number of aliphatic hydroxyl groups is 1. The zero-order valence-electron chi connectivity index (χ0n) is 4.28. The summed E-state index contributed by atoms with van der Waals surface area (Å²) >= 11 is 0. The van der Waals surface area contributed by atoms with E-state index < -0.39 is 6.10 Å². The minimum atomic E-state index is -0.522. The van der Waals surface area contributed by atoms with Crippen LogP contribution in [0.1, 0.15) is 0 Å². The molecule has 0 saturated carbocycles. The number of aliphatic hydroxyl groups excluding tert-OH is 1. The van der Waals surface area contributed by atoms with Crippen LogP contribution in [0.5, 0.6) is 0 Å². The molecule has 0 heterocycles. The third-order valence-corrected chi connectivity index (χ3v) is 0.928. The van der Waals surface area contributed by atoms with Crippen molar-refractivity contribution in [2.45, 2.75) is 6.10 Å². The Bertz CT molecular complexity index is 140. The summed E-state index contributed by atoms with van der Waals surface area (Å²) in [5, 5.41) is 8.73. The molecule has 0 fully saturated rings. The van der Waals surface area contributed by atoms with Gasteiger partial charge in [-0.2, -0.15) is 0 Å². The Kier molecular flexibility index (Phi) is 1.26. The maximum atomic E-state index is 8.73. The van der Waals surface area contributed by atoms with Gasteiger partial charge in [0.1, 0.15) is 0 Å². The van der Waals surface area contributed by atoms with Gasteiger partial charge in [-0.3, -0.25) is 4.79 Å². The van der Waals surface area contributed by atoms with Crippen LogP contribution < -0.4 is 0 Å². The van der Waals surface area contributed by atoms with Crippen LogP contribution >= 0.6 is 0 Å². The molecule has 2 nitrogen and oxygen atoms in total. The molecule has 2 heteroatoms. The first kappa shape index (κ1) is 5.25. The minimum Gasteiger partial charge on any atom is -0.385 e. The predicted molar refractivity (Wildman–Crippen MR) is 31.2 cm³/mol. The van der Waals surface area contributed by atoms with Gasteiger partial charge < -0.3 is 5.11 Å². The minimum absolute atomic E-state index is 0.190. The van der Waals surface area contributed by atoms with E-state index in [9.17, 15) is 0 Å². The molecule has 0 spiro atoms. The Morgan fingerprint density at radius 2 is 1.88 bits per heavy atom. The van der Waals surface area contributed by atoms with E-state index in [0.717, 1.165) is 0 Å². The van der Waals surface area contributed by atoms with Gasteiger partial charge >= 0.3 is 5.78 Å². The Morgan fingerprint density at radius 1 is 1.38 bits per heavy atom. The lowest BCUT2D eigenvalue weighted by molar-refractivity contribution is 0.271. The van der Waals surface area contributed by atoms with Crippen molar-refractivity contribution in [2.75, 3.05) is 0 Å². The first-order valence-corrected chi connectivity index (χ1v) is 2.39. The van der Waals surface area contributed by atoms with Crippen LogP contribution in [0.15, 0.2) is 24.3 Å². The van der Waals surface area contributed by atoms with Crippen molar-refractivity contribution in [2.24, 2.45) is 0 Å². The van der Waals surface area contributed by atoms with Gasteiger partial charge in [-0.25, -0.2) is 0 Å². The zero-order chi connectivity index (χ0) is 5.98. The Morgan fingerprint density at radius 3 is 2.25 bits per heavy atom. The number of ketones is 1. The molecule has 0 aromatic carbocycles. The van der Waals surface area contributed by atoms with Crippen LogP contribution in [-0.2, 0) is 0 Å². The smallest absolute Gasteiger partial charge is 0.339 e. The summed E-state index contributed by atoms with van der Waals surface area (Å²) in [6.45, 7) is 0. The molecule has 0 bridgehead atoms. The largest absolute Gasteiger partial charge is 0.385 e. The molecule has 0 atom stereocenters. The van der Waals surface area contributed by atoms with Gasteiger partial charge in [0.2, 0.25) is 0 Å². The Labute approximate surface area is 47.1 Å². The molecule has 42 valence electrons. The van der Waals surface area contributed by atoms with Crippen molar-refractivity contribution < 1.29 is 9.90 Å². The molecule has 0 aliphatic heterocycles. The first-order chi connectivity index (χ1) is 3.79. The first-order valence-electron chi connectivity index (χ1n) is 2.39. The number of rotatable bonds is 0. The van der Waals surface area contributed by atoms with E-state index in [1.807, 2.05) is 0 Å². The van der Waals surface area contributed by atoms with Crippen LogP contribution in [0, 0.1) is 0 Å². The molecule has 8 heavy (non-hydrogen) atoms. The van der Waals surface area contributed by atoms with Crippen LogP contribution in [0.25, 0.3) is 0 Å². The number of allylic oxidation sites excluding steroid dienone is 2. The molecule has 0 aromatic heterocycles. The average molecular weight is 111 g/mol. The quantitative estimate of drug-likeness (QED) is 0.440. The molecular formula is C6H7O2+. The molecule has 0 amide bonds. The van der Waals surface area contributed by atoms with Crippen molar-refractivity contribution in [1.82, 2.24) is 0 Å². The van der Waals surface area contributed by atoms with Crippen molar-refractivity contribution in [1.29, 1.82) is 0 Å². The Hall–Kier alpha value is -0.890. The van der Waals surface area contributed by atoms with E-state index in [4.69, 9.17) is 9.90 Å². The molecule has 0 radical (unpaired) electrons. The fourth-order valence-corrected chi connectivity index (χ4v) is 0.514. The molecule has 0 unspecified atom stereocenters. The molecule has 0 aromatic rings. The van der Waals surface area contributed by atoms with Crippen LogP contribution in [0.2, 0.25) is 0 Å². The lowest BCUT2D eigenvalue weighted by Crippen LogP contribution is -2.03. The van der Waals surface area contributed by atoms with E-state index in [1.54, 1.807) is 0 Å². The maximum Gasteiger partial charge on any atom is 0.339 e. The van der Waals surface area contributed by atoms with Gasteiger partial charge in [0, 0.05) is 12.2 Å². The standard InChI is InChI=1S/C6H6O2/c7-5-1-2-6(8)4-3-5/h1-5,7H/p+1. The topological polar surface area (TPSA) is 41.6 Å². The number of hydrogen-bond acceptors (Lipinski definition) is 1. The summed E-state index contributed by atoms with van der Waals surface area (Å²) in [5.41, 5.74) is 0. The zero-order valence-corrected chi connectivity index (χ0v) is 4.28. The number of carbonyl (C=O) groups excluding carboxylic acids is 1. The van der Waals surface area contributed by atoms with Gasteiger partial charge in [-0.05, 0) is 12.2 Å². The highest BCUT2D eigenvalue weighted by Crippen LogP contribution is 1.95. The normalized spacial score (nSPS) is 26.6. The predicted octanol–water partition coefficient (Wildman–Crippen LogP) is 0.0182. The second-order valence-corrected chi connectivity index (χ2v) is 1.63. The Balaban J connectivity index is 2.68. The highest BCUT2D eigenvalue weighted by molar-refractivity contribution is 6.01. The van der Waals surface area contributed by atoms with Gasteiger partial charge in [0.15, 0.2) is 0 Å². The molecule has 1 aliphatic rings. The monoisotopic (exact) mass is 111 g/mol. The third kappa shape index (κ3) is 1.04. The SMILES string of the molecule is OC1C=CC(=[OH+])C=C1. The fourth-order valence-electron chi connectivity index (χ4n) is 0.514. The summed E-state index contributed by atoms with van der Waals surface area (Å²) in [7, 11) is 0. The molecule has 0 saturated heterocycles. The number of hydrogen-bond donors (Lipinski definition) is 1. The van der Waals surface area contributed by atoms with Crippen LogP contribution in [-0.4, -0.2) is 21.8 Å². The van der Waals surface area contributed by atoms with E-state index in [1.165, 1.54) is 24.3 Å². The summed E-state index contributed by atoms with van der Waals surface area (Å²) in [6.07, 6.45) is 5.42. The van der Waals surface area contributed by atoms with Crippen molar-refractivity contribution >= 4 is 5.78 Å². The summed E-state index contributed by atoms with van der Waals surface area (Å²) in [5.74, 6) is 0.190. The molecule has 2 N–H and O–H groups in total. The van der Waals surface area contributed by atoms with E-state index in [-0.39, 0.29) is 5.78 Å². The highest BCUT2D eigenvalue weighted by Gasteiger charge is 2.04. The molecule has 1 rings (SSSR count). The fraction of sp³-hybridized carbons (Fsp3) is 0.167. The summed E-state index contributed by atoms with van der Waals surface area (Å²) < 4.78 is 0. The van der Waals surface area contributed by atoms with Gasteiger partial charge in [-0.1, -0.05) is 0 Å². The molecule has 1 aliphatic carbocycles. The second-order valence-electron chi connectivity index (χ2n) is 1.63. The lowest BCUT2D eigenvalue weighted by Gasteiger charge is -1.96. The van der Waals surface area contributed by atoms with E-state index in [2.05, 4.69) is 0 Å². The van der Waals surface area contributed by atoms with E-state index in [0.29, 0.717) is 0 Å². The van der Waals surface area contributed by atoms with Gasteiger partial charge in [0.25, 0.3) is 0 Å². The third-order valence-electron chi connectivity index (χ3n) is 0.928. The van der Waals surface area contributed by atoms with Gasteiger partial charge in [0.05, 0.1) is 6.10 Å². The van der Waals surface area contributed by atoms with Crippen LogP contribution in [0.3, 0.4) is 0 Å². The van der Waals surface area contributed by atoms with Gasteiger partial charge in [-0.15, -0.1) is 0 Å². The van der Waals surface area contributed by atoms with Crippen LogP contribution in [0.4, 0.5) is 0 Å². The average Bonchev–Trinajstić information content (AvgIpc) is 1.77. The van der Waals surface area contributed by atoms with Crippen molar-refractivity contribution in [3.05, 3.63) is 24.3 Å².